The Hall–Kier alpha value is -1.11. The summed E-state index contributed by atoms with van der Waals surface area (Å²) in [6, 6.07) is 1.59. The van der Waals surface area contributed by atoms with Gasteiger partial charge in [-0.2, -0.15) is 0 Å². The van der Waals surface area contributed by atoms with Crippen molar-refractivity contribution in [3.05, 3.63) is 21.9 Å². The topological polar surface area (TPSA) is 90.1 Å². The van der Waals surface area contributed by atoms with Gasteiger partial charge in [-0.3, -0.25) is 0 Å². The molecular formula is C12H18Cl2N4O2. The van der Waals surface area contributed by atoms with E-state index in [1.165, 1.54) is 0 Å². The number of halogens is 2. The number of ether oxygens (including phenoxy) is 1. The minimum Gasteiger partial charge on any atom is -0.444 e. The molecule has 1 aromatic rings. The molecule has 20 heavy (non-hydrogen) atoms. The number of nitrogens with zero attached hydrogens (tertiary/aromatic N) is 2. The summed E-state index contributed by atoms with van der Waals surface area (Å²) in [5.41, 5.74) is 5.78. The smallest absolute Gasteiger partial charge is 0.407 e. The highest BCUT2D eigenvalue weighted by atomic mass is 35.5. The lowest BCUT2D eigenvalue weighted by Crippen LogP contribution is -2.36. The van der Waals surface area contributed by atoms with Crippen LogP contribution in [0.15, 0.2) is 6.07 Å². The number of carbonyl (C=O) groups is 1. The quantitative estimate of drug-likeness (QED) is 0.888. The molecule has 3 N–H and O–H groups in total. The molecule has 1 aromatic heterocycles. The lowest BCUT2D eigenvalue weighted by molar-refractivity contribution is 0.0525. The maximum absolute atomic E-state index is 11.6. The molecule has 1 rings (SSSR count). The maximum Gasteiger partial charge on any atom is 0.407 e. The first-order chi connectivity index (χ1) is 9.23. The van der Waals surface area contributed by atoms with Crippen LogP contribution in [0.4, 0.5) is 4.79 Å². The third-order valence-corrected chi connectivity index (χ3v) is 2.84. The maximum atomic E-state index is 11.6. The highest BCUT2D eigenvalue weighted by molar-refractivity contribution is 6.31. The summed E-state index contributed by atoms with van der Waals surface area (Å²) in [4.78, 5) is 11.6. The molecule has 0 aliphatic carbocycles. The van der Waals surface area contributed by atoms with Crippen LogP contribution in [0.25, 0.3) is 0 Å². The molecule has 1 heterocycles. The van der Waals surface area contributed by atoms with E-state index in [0.717, 1.165) is 0 Å². The zero-order chi connectivity index (χ0) is 15.3. The molecule has 0 aliphatic rings. The number of hydrogen-bond acceptors (Lipinski definition) is 5. The van der Waals surface area contributed by atoms with E-state index in [2.05, 4.69) is 15.5 Å². The Morgan fingerprint density at radius 2 is 2.10 bits per heavy atom. The van der Waals surface area contributed by atoms with Crippen molar-refractivity contribution in [2.75, 3.05) is 13.1 Å². The highest BCUT2D eigenvalue weighted by Gasteiger charge is 2.19. The van der Waals surface area contributed by atoms with Crippen LogP contribution in [-0.4, -0.2) is 35.0 Å². The van der Waals surface area contributed by atoms with Crippen LogP contribution < -0.4 is 11.1 Å². The minimum absolute atomic E-state index is 0.218. The molecule has 0 radical (unpaired) electrons. The van der Waals surface area contributed by atoms with Gasteiger partial charge < -0.3 is 15.8 Å². The molecule has 0 saturated heterocycles. The second kappa shape index (κ2) is 7.06. The van der Waals surface area contributed by atoms with Crippen molar-refractivity contribution < 1.29 is 9.53 Å². The number of nitrogens with two attached hydrogens (primary N) is 1. The molecule has 0 aliphatic heterocycles. The van der Waals surface area contributed by atoms with Crippen LogP contribution in [0, 0.1) is 0 Å². The summed E-state index contributed by atoms with van der Waals surface area (Å²) in [6.07, 6.45) is -0.514. The summed E-state index contributed by atoms with van der Waals surface area (Å²) in [5.74, 6) is -0.219. The minimum atomic E-state index is -0.554. The van der Waals surface area contributed by atoms with E-state index in [1.54, 1.807) is 26.8 Å². The molecule has 1 atom stereocenters. The van der Waals surface area contributed by atoms with Crippen molar-refractivity contribution in [1.29, 1.82) is 0 Å². The molecule has 0 spiro atoms. The van der Waals surface area contributed by atoms with Crippen molar-refractivity contribution in [1.82, 2.24) is 15.5 Å². The number of hydrogen-bond donors (Lipinski definition) is 2. The van der Waals surface area contributed by atoms with Crippen LogP contribution in [0.1, 0.15) is 32.3 Å². The van der Waals surface area contributed by atoms with Crippen molar-refractivity contribution in [2.24, 2.45) is 5.73 Å². The van der Waals surface area contributed by atoms with Gasteiger partial charge in [0.15, 0.2) is 10.3 Å². The molecule has 112 valence electrons. The summed E-state index contributed by atoms with van der Waals surface area (Å²) in [7, 11) is 0. The normalized spacial score (nSPS) is 12.9. The molecule has 0 bridgehead atoms. The fraction of sp³-hybridized carbons (Fsp3) is 0.583. The van der Waals surface area contributed by atoms with E-state index < -0.39 is 11.7 Å². The Morgan fingerprint density at radius 1 is 1.45 bits per heavy atom. The molecule has 1 unspecified atom stereocenters. The predicted molar refractivity (Wildman–Crippen MR) is 78.1 cm³/mol. The van der Waals surface area contributed by atoms with Gasteiger partial charge in [0.05, 0.1) is 0 Å². The standard InChI is InChI=1S/C12H18Cl2N4O2/c1-12(2,3)20-11(19)16-6-7(5-15)8-4-9(13)17-18-10(8)14/h4,7H,5-6,15H2,1-3H3,(H,16,19). The fourth-order valence-electron chi connectivity index (χ4n) is 1.49. The summed E-state index contributed by atoms with van der Waals surface area (Å²) in [5, 5.41) is 10.4. The molecule has 6 nitrogen and oxygen atoms in total. The zero-order valence-corrected chi connectivity index (χ0v) is 13.1. The number of alkyl carbamates (subject to hydrolysis) is 1. The van der Waals surface area contributed by atoms with Gasteiger partial charge >= 0.3 is 6.09 Å². The number of nitrogens with one attached hydrogen (secondary N) is 1. The van der Waals surface area contributed by atoms with Crippen molar-refractivity contribution in [3.8, 4) is 0 Å². The fourth-order valence-corrected chi connectivity index (χ4v) is 1.90. The molecule has 8 heteroatoms. The Bertz CT molecular complexity index is 477. The molecule has 1 amide bonds. The molecule has 0 aromatic carbocycles. The van der Waals surface area contributed by atoms with Crippen molar-refractivity contribution in [3.63, 3.8) is 0 Å². The van der Waals surface area contributed by atoms with Crippen LogP contribution in [0.2, 0.25) is 10.3 Å². The number of aromatic nitrogens is 2. The van der Waals surface area contributed by atoms with Gasteiger partial charge in [0.25, 0.3) is 0 Å². The third kappa shape index (κ3) is 5.48. The predicted octanol–water partition coefficient (Wildman–Crippen LogP) is 2.35. The van der Waals surface area contributed by atoms with E-state index in [9.17, 15) is 4.79 Å². The van der Waals surface area contributed by atoms with Crippen molar-refractivity contribution in [2.45, 2.75) is 32.3 Å². The van der Waals surface area contributed by atoms with E-state index in [0.29, 0.717) is 5.56 Å². The van der Waals surface area contributed by atoms with Crippen LogP contribution in [0.5, 0.6) is 0 Å². The van der Waals surface area contributed by atoms with Gasteiger partial charge in [-0.05, 0) is 26.8 Å². The van der Waals surface area contributed by atoms with Crippen LogP contribution in [0.3, 0.4) is 0 Å². The Labute approximate surface area is 128 Å². The van der Waals surface area contributed by atoms with Crippen LogP contribution in [-0.2, 0) is 4.74 Å². The van der Waals surface area contributed by atoms with Crippen molar-refractivity contribution >= 4 is 29.3 Å². The SMILES string of the molecule is CC(C)(C)OC(=O)NCC(CN)c1cc(Cl)nnc1Cl. The Morgan fingerprint density at radius 3 is 2.65 bits per heavy atom. The van der Waals surface area contributed by atoms with Gasteiger partial charge in [0, 0.05) is 24.6 Å². The second-order valence-electron chi connectivity index (χ2n) is 5.23. The van der Waals surface area contributed by atoms with Crippen LogP contribution >= 0.6 is 23.2 Å². The molecular weight excluding hydrogens is 303 g/mol. The van der Waals surface area contributed by atoms with Gasteiger partial charge in [-0.25, -0.2) is 4.79 Å². The van der Waals surface area contributed by atoms with E-state index >= 15 is 0 Å². The Kier molecular flexibility index (Phi) is 5.98. The van der Waals surface area contributed by atoms with E-state index in [-0.39, 0.29) is 29.3 Å². The third-order valence-electron chi connectivity index (χ3n) is 2.36. The largest absolute Gasteiger partial charge is 0.444 e. The first-order valence-corrected chi connectivity index (χ1v) is 6.84. The highest BCUT2D eigenvalue weighted by Crippen LogP contribution is 2.23. The van der Waals surface area contributed by atoms with E-state index in [1.807, 2.05) is 0 Å². The average Bonchev–Trinajstić information content (AvgIpc) is 2.32. The zero-order valence-electron chi connectivity index (χ0n) is 11.6. The second-order valence-corrected chi connectivity index (χ2v) is 5.97. The number of amides is 1. The van der Waals surface area contributed by atoms with Gasteiger partial charge in [0.2, 0.25) is 0 Å². The summed E-state index contributed by atoms with van der Waals surface area (Å²) < 4.78 is 5.14. The average molecular weight is 321 g/mol. The van der Waals surface area contributed by atoms with Gasteiger partial charge in [-0.1, -0.05) is 23.2 Å². The first-order valence-electron chi connectivity index (χ1n) is 6.08. The van der Waals surface area contributed by atoms with E-state index in [4.69, 9.17) is 33.7 Å². The van der Waals surface area contributed by atoms with Gasteiger partial charge in [0.1, 0.15) is 5.60 Å². The number of carbonyl (C=O) groups excluding carboxylic acids is 1. The first kappa shape index (κ1) is 16.9. The molecule has 0 saturated carbocycles. The van der Waals surface area contributed by atoms with Gasteiger partial charge in [-0.15, -0.1) is 10.2 Å². The summed E-state index contributed by atoms with van der Waals surface area (Å²) in [6.45, 7) is 5.91. The Balaban J connectivity index is 2.68. The monoisotopic (exact) mass is 320 g/mol. The number of rotatable bonds is 4. The lowest BCUT2D eigenvalue weighted by Gasteiger charge is -2.21. The summed E-state index contributed by atoms with van der Waals surface area (Å²) >= 11 is 11.7. The molecule has 0 fully saturated rings. The lowest BCUT2D eigenvalue weighted by atomic mass is 10.0.